The Balaban J connectivity index is 1.59. The number of hydrogen-bond donors (Lipinski definition) is 2. The fraction of sp³-hybridized carbons (Fsp3) is 0.286. The number of nitrogens with one attached hydrogen (secondary N) is 2. The zero-order chi connectivity index (χ0) is 14.2. The molecule has 0 aliphatic rings. The molecule has 1 aromatic carbocycles. The number of amides is 1. The van der Waals surface area contributed by atoms with Gasteiger partial charge in [0, 0.05) is 35.3 Å². The summed E-state index contributed by atoms with van der Waals surface area (Å²) in [7, 11) is 0. The Labute approximate surface area is 127 Å². The van der Waals surface area contributed by atoms with E-state index in [-0.39, 0.29) is 5.91 Å². The van der Waals surface area contributed by atoms with Crippen molar-refractivity contribution in [3.8, 4) is 0 Å². The van der Waals surface area contributed by atoms with E-state index in [2.05, 4.69) is 15.3 Å². The molecule has 1 heterocycles. The number of thioether (sulfide) groups is 1. The van der Waals surface area contributed by atoms with E-state index < -0.39 is 0 Å². The molecule has 0 aliphatic carbocycles. The van der Waals surface area contributed by atoms with Gasteiger partial charge in [-0.1, -0.05) is 11.6 Å². The largest absolute Gasteiger partial charge is 0.355 e. The number of halogens is 1. The van der Waals surface area contributed by atoms with Crippen molar-refractivity contribution in [3.63, 3.8) is 0 Å². The lowest BCUT2D eigenvalue weighted by Crippen LogP contribution is -2.26. The summed E-state index contributed by atoms with van der Waals surface area (Å²) in [6, 6.07) is 7.48. The Morgan fingerprint density at radius 1 is 1.35 bits per heavy atom. The van der Waals surface area contributed by atoms with Crippen LogP contribution < -0.4 is 5.32 Å². The number of aryl methyl sites for hydroxylation is 1. The van der Waals surface area contributed by atoms with Crippen molar-refractivity contribution in [3.05, 3.63) is 47.5 Å². The van der Waals surface area contributed by atoms with E-state index in [4.69, 9.17) is 11.6 Å². The van der Waals surface area contributed by atoms with Gasteiger partial charge < -0.3 is 10.3 Å². The summed E-state index contributed by atoms with van der Waals surface area (Å²) in [5, 5.41) is 3.60. The predicted molar refractivity (Wildman–Crippen MR) is 82.1 cm³/mol. The molecule has 4 nitrogen and oxygen atoms in total. The Hall–Kier alpha value is -1.46. The Morgan fingerprint density at radius 2 is 2.15 bits per heavy atom. The number of carbonyl (C=O) groups is 1. The highest BCUT2D eigenvalue weighted by atomic mass is 35.5. The van der Waals surface area contributed by atoms with Gasteiger partial charge in [-0.25, -0.2) is 4.98 Å². The molecule has 0 spiro atoms. The predicted octanol–water partition coefficient (Wildman–Crippen LogP) is 2.90. The van der Waals surface area contributed by atoms with E-state index in [1.54, 1.807) is 12.4 Å². The molecule has 20 heavy (non-hydrogen) atoms. The monoisotopic (exact) mass is 309 g/mol. The number of nitrogens with zero attached hydrogens (tertiary/aromatic N) is 1. The van der Waals surface area contributed by atoms with Gasteiger partial charge in [-0.3, -0.25) is 4.79 Å². The summed E-state index contributed by atoms with van der Waals surface area (Å²) >= 11 is 7.31. The quantitative estimate of drug-likeness (QED) is 0.611. The maximum absolute atomic E-state index is 11.7. The number of rotatable bonds is 7. The number of benzene rings is 1. The summed E-state index contributed by atoms with van der Waals surface area (Å²) in [5.41, 5.74) is 0. The van der Waals surface area contributed by atoms with Crippen LogP contribution in [-0.2, 0) is 11.2 Å². The second-order valence-electron chi connectivity index (χ2n) is 4.23. The normalized spacial score (nSPS) is 10.4. The maximum atomic E-state index is 11.7. The summed E-state index contributed by atoms with van der Waals surface area (Å²) < 4.78 is 0. The van der Waals surface area contributed by atoms with Crippen LogP contribution in [0.25, 0.3) is 0 Å². The van der Waals surface area contributed by atoms with Crippen LogP contribution in [-0.4, -0.2) is 28.2 Å². The minimum absolute atomic E-state index is 0.0457. The average molecular weight is 310 g/mol. The molecule has 0 unspecified atom stereocenters. The van der Waals surface area contributed by atoms with E-state index in [1.165, 1.54) is 11.8 Å². The number of aromatic nitrogens is 2. The first-order valence-electron chi connectivity index (χ1n) is 6.37. The number of aromatic amines is 1. The van der Waals surface area contributed by atoms with Crippen molar-refractivity contribution in [2.24, 2.45) is 0 Å². The number of hydrogen-bond acceptors (Lipinski definition) is 3. The highest BCUT2D eigenvalue weighted by Crippen LogP contribution is 2.19. The number of H-pyrrole nitrogens is 1. The van der Waals surface area contributed by atoms with E-state index in [9.17, 15) is 4.79 Å². The second-order valence-corrected chi connectivity index (χ2v) is 5.72. The zero-order valence-corrected chi connectivity index (χ0v) is 12.5. The molecular weight excluding hydrogens is 294 g/mol. The Kier molecular flexibility index (Phi) is 5.95. The highest BCUT2D eigenvalue weighted by Gasteiger charge is 2.03. The molecule has 2 N–H and O–H groups in total. The van der Waals surface area contributed by atoms with E-state index in [1.807, 2.05) is 24.3 Å². The van der Waals surface area contributed by atoms with Gasteiger partial charge in [0.1, 0.15) is 5.82 Å². The van der Waals surface area contributed by atoms with Gasteiger partial charge in [-0.2, -0.15) is 0 Å². The average Bonchev–Trinajstić information content (AvgIpc) is 2.96. The molecule has 2 aromatic rings. The first-order valence-corrected chi connectivity index (χ1v) is 7.74. The van der Waals surface area contributed by atoms with E-state index in [0.29, 0.717) is 17.3 Å². The fourth-order valence-corrected chi connectivity index (χ4v) is 2.50. The van der Waals surface area contributed by atoms with Crippen LogP contribution in [0, 0.1) is 0 Å². The molecule has 1 amide bonds. The van der Waals surface area contributed by atoms with Gasteiger partial charge in [0.2, 0.25) is 5.91 Å². The maximum Gasteiger partial charge on any atom is 0.230 e. The van der Waals surface area contributed by atoms with Crippen LogP contribution in [0.3, 0.4) is 0 Å². The minimum Gasteiger partial charge on any atom is -0.355 e. The van der Waals surface area contributed by atoms with Crippen LogP contribution in [0.15, 0.2) is 41.6 Å². The van der Waals surface area contributed by atoms with Gasteiger partial charge >= 0.3 is 0 Å². The molecule has 0 aliphatic heterocycles. The SMILES string of the molecule is O=C(CSc1ccc(Cl)cc1)NCCCc1ncc[nH]1. The Bertz CT molecular complexity index is 528. The Morgan fingerprint density at radius 3 is 2.85 bits per heavy atom. The van der Waals surface area contributed by atoms with Gasteiger partial charge in [0.15, 0.2) is 0 Å². The van der Waals surface area contributed by atoms with Crippen LogP contribution in [0.1, 0.15) is 12.2 Å². The van der Waals surface area contributed by atoms with Crippen molar-refractivity contribution in [1.82, 2.24) is 15.3 Å². The molecule has 0 saturated heterocycles. The molecule has 0 radical (unpaired) electrons. The van der Waals surface area contributed by atoms with Crippen LogP contribution in [0.2, 0.25) is 5.02 Å². The van der Waals surface area contributed by atoms with Crippen LogP contribution >= 0.6 is 23.4 Å². The van der Waals surface area contributed by atoms with Crippen molar-refractivity contribution < 1.29 is 4.79 Å². The topological polar surface area (TPSA) is 57.8 Å². The van der Waals surface area contributed by atoms with E-state index in [0.717, 1.165) is 23.6 Å². The molecule has 6 heteroatoms. The smallest absolute Gasteiger partial charge is 0.230 e. The van der Waals surface area contributed by atoms with Crippen LogP contribution in [0.4, 0.5) is 0 Å². The lowest BCUT2D eigenvalue weighted by Gasteiger charge is -2.04. The molecule has 0 fully saturated rings. The highest BCUT2D eigenvalue weighted by molar-refractivity contribution is 8.00. The molecule has 0 bridgehead atoms. The van der Waals surface area contributed by atoms with Crippen LogP contribution in [0.5, 0.6) is 0 Å². The minimum atomic E-state index is 0.0457. The molecule has 1 aromatic heterocycles. The van der Waals surface area contributed by atoms with Crippen molar-refractivity contribution >= 4 is 29.3 Å². The summed E-state index contributed by atoms with van der Waals surface area (Å²) in [5.74, 6) is 1.42. The first kappa shape index (κ1) is 14.9. The molecule has 0 saturated carbocycles. The lowest BCUT2D eigenvalue weighted by molar-refractivity contribution is -0.118. The third kappa shape index (κ3) is 5.27. The second kappa shape index (κ2) is 7.97. The molecule has 0 atom stereocenters. The fourth-order valence-electron chi connectivity index (χ4n) is 1.65. The lowest BCUT2D eigenvalue weighted by atomic mass is 10.3. The third-order valence-corrected chi connectivity index (χ3v) is 3.91. The van der Waals surface area contributed by atoms with Gasteiger partial charge in [-0.15, -0.1) is 11.8 Å². The standard InChI is InChI=1S/C14H16ClN3OS/c15-11-3-5-12(6-4-11)20-10-14(19)18-7-1-2-13-16-8-9-17-13/h3-6,8-9H,1-2,7,10H2,(H,16,17)(H,18,19). The van der Waals surface area contributed by atoms with Gasteiger partial charge in [0.05, 0.1) is 5.75 Å². The number of imidazole rings is 1. The molecular formula is C14H16ClN3OS. The first-order chi connectivity index (χ1) is 9.74. The van der Waals surface area contributed by atoms with Crippen molar-refractivity contribution in [2.45, 2.75) is 17.7 Å². The molecule has 2 rings (SSSR count). The summed E-state index contributed by atoms with van der Waals surface area (Å²) in [4.78, 5) is 19.9. The number of carbonyl (C=O) groups excluding carboxylic acids is 1. The van der Waals surface area contributed by atoms with Crippen molar-refractivity contribution in [1.29, 1.82) is 0 Å². The summed E-state index contributed by atoms with van der Waals surface area (Å²) in [6.07, 6.45) is 5.26. The zero-order valence-electron chi connectivity index (χ0n) is 10.9. The third-order valence-electron chi connectivity index (χ3n) is 2.65. The van der Waals surface area contributed by atoms with E-state index >= 15 is 0 Å². The molecule has 106 valence electrons. The van der Waals surface area contributed by atoms with Gasteiger partial charge in [0.25, 0.3) is 0 Å². The van der Waals surface area contributed by atoms with Gasteiger partial charge in [-0.05, 0) is 30.7 Å². The van der Waals surface area contributed by atoms with Crippen molar-refractivity contribution in [2.75, 3.05) is 12.3 Å². The summed E-state index contributed by atoms with van der Waals surface area (Å²) in [6.45, 7) is 0.667.